The molecule has 110 valence electrons. The average Bonchev–Trinajstić information content (AvgIpc) is 2.55. The van der Waals surface area contributed by atoms with Crippen molar-refractivity contribution in [3.05, 3.63) is 65.7 Å². The van der Waals surface area contributed by atoms with Crippen molar-refractivity contribution >= 4 is 34.4 Å². The van der Waals surface area contributed by atoms with Crippen LogP contribution >= 0.6 is 22.6 Å². The molecule has 2 rings (SSSR count). The van der Waals surface area contributed by atoms with Crippen molar-refractivity contribution in [1.29, 1.82) is 0 Å². The van der Waals surface area contributed by atoms with Gasteiger partial charge in [-0.3, -0.25) is 4.90 Å². The molecule has 0 aliphatic heterocycles. The molecule has 0 atom stereocenters. The van der Waals surface area contributed by atoms with Gasteiger partial charge in [0.15, 0.2) is 0 Å². The van der Waals surface area contributed by atoms with Gasteiger partial charge in [-0.05, 0) is 23.6 Å². The third-order valence-corrected chi connectivity index (χ3v) is 3.89. The van der Waals surface area contributed by atoms with Gasteiger partial charge in [0.1, 0.15) is 6.61 Å². The highest BCUT2D eigenvalue weighted by Gasteiger charge is 2.18. The molecule has 2 aromatic rings. The zero-order valence-electron chi connectivity index (χ0n) is 12.0. The fraction of sp³-hybridized carbons (Fsp3) is 0.235. The molecule has 0 saturated carbocycles. The topological polar surface area (TPSA) is 29.5 Å². The van der Waals surface area contributed by atoms with Gasteiger partial charge in [0.25, 0.3) is 0 Å². The molecule has 0 N–H and O–H groups in total. The monoisotopic (exact) mass is 395 g/mol. The molecule has 0 heterocycles. The molecule has 0 spiro atoms. The van der Waals surface area contributed by atoms with Crippen LogP contribution in [0.2, 0.25) is 0 Å². The van der Waals surface area contributed by atoms with Gasteiger partial charge in [-0.1, -0.05) is 78.0 Å². The Morgan fingerprint density at radius 2 is 1.76 bits per heavy atom. The average molecular weight is 395 g/mol. The van der Waals surface area contributed by atoms with Gasteiger partial charge in [0.2, 0.25) is 0 Å². The van der Waals surface area contributed by atoms with Gasteiger partial charge in [0, 0.05) is 0 Å². The van der Waals surface area contributed by atoms with E-state index in [2.05, 4.69) is 29.5 Å². The lowest BCUT2D eigenvalue weighted by Gasteiger charge is -2.22. The molecule has 0 aromatic heterocycles. The second-order valence-corrected chi connectivity index (χ2v) is 5.25. The number of hydrogen-bond acceptors (Lipinski definition) is 2. The maximum absolute atomic E-state index is 12.3. The van der Waals surface area contributed by atoms with Gasteiger partial charge in [-0.15, -0.1) is 0 Å². The van der Waals surface area contributed by atoms with Crippen molar-refractivity contribution in [2.75, 3.05) is 9.45 Å². The van der Waals surface area contributed by atoms with Crippen LogP contribution in [0.3, 0.4) is 0 Å². The summed E-state index contributed by atoms with van der Waals surface area (Å²) in [5, 5.41) is 0. The quantitative estimate of drug-likeness (QED) is 0.414. The Labute approximate surface area is 139 Å². The molecule has 0 radical (unpaired) electrons. The molecule has 0 bridgehead atoms. The molecule has 0 aliphatic carbocycles. The van der Waals surface area contributed by atoms with Crippen LogP contribution in [0.15, 0.2) is 54.6 Å². The molecule has 3 nitrogen and oxygen atoms in total. The number of aryl methyl sites for hydroxylation is 1. The first-order valence-corrected chi connectivity index (χ1v) is 8.41. The largest absolute Gasteiger partial charge is 0.444 e. The number of carbonyl (C=O) groups is 1. The van der Waals surface area contributed by atoms with Crippen molar-refractivity contribution in [3.63, 3.8) is 0 Å². The fourth-order valence-electron chi connectivity index (χ4n) is 2.08. The summed E-state index contributed by atoms with van der Waals surface area (Å²) >= 11 is 2.18. The number of ether oxygens (including phenoxy) is 1. The smallest absolute Gasteiger partial charge is 0.415 e. The summed E-state index contributed by atoms with van der Waals surface area (Å²) in [4.78, 5) is 14.0. The van der Waals surface area contributed by atoms with Crippen LogP contribution in [0.25, 0.3) is 0 Å². The molecular formula is C17H18INO2. The second kappa shape index (κ2) is 8.02. The number of carbonyl (C=O) groups excluding carboxylic acids is 1. The summed E-state index contributed by atoms with van der Waals surface area (Å²) < 4.78 is 5.98. The number of benzene rings is 2. The fourth-order valence-corrected chi connectivity index (χ4v) is 2.73. The second-order valence-electron chi connectivity index (χ2n) is 4.57. The number of nitrogens with zero attached hydrogens (tertiary/aromatic N) is 1. The lowest BCUT2D eigenvalue weighted by atomic mass is 10.1. The Morgan fingerprint density at radius 1 is 1.10 bits per heavy atom. The van der Waals surface area contributed by atoms with Crippen LogP contribution in [-0.4, -0.2) is 10.6 Å². The first-order valence-electron chi connectivity index (χ1n) is 6.88. The number of para-hydroxylation sites is 1. The molecule has 4 heteroatoms. The van der Waals surface area contributed by atoms with Crippen LogP contribution in [0, 0.1) is 0 Å². The highest BCUT2D eigenvalue weighted by molar-refractivity contribution is 14.1. The van der Waals surface area contributed by atoms with Crippen molar-refractivity contribution < 1.29 is 9.53 Å². The molecule has 1 amide bonds. The summed E-state index contributed by atoms with van der Waals surface area (Å²) in [7, 11) is 0. The number of halogens is 1. The van der Waals surface area contributed by atoms with Crippen molar-refractivity contribution in [2.24, 2.45) is 0 Å². The predicted octanol–water partition coefficient (Wildman–Crippen LogP) is 4.78. The summed E-state index contributed by atoms with van der Waals surface area (Å²) in [5.74, 6) is 0. The van der Waals surface area contributed by atoms with Gasteiger partial charge in [-0.25, -0.2) is 4.79 Å². The van der Waals surface area contributed by atoms with Gasteiger partial charge in [0.05, 0.1) is 10.2 Å². The van der Waals surface area contributed by atoms with E-state index in [1.54, 1.807) is 4.90 Å². The molecule has 21 heavy (non-hydrogen) atoms. The van der Waals surface area contributed by atoms with E-state index in [-0.39, 0.29) is 6.09 Å². The summed E-state index contributed by atoms with van der Waals surface area (Å²) in [5.41, 5.74) is 3.06. The zero-order chi connectivity index (χ0) is 15.1. The molecule has 0 saturated heterocycles. The third-order valence-electron chi connectivity index (χ3n) is 3.21. The Balaban J connectivity index is 2.08. The van der Waals surface area contributed by atoms with Crippen LogP contribution < -0.4 is 4.90 Å². The van der Waals surface area contributed by atoms with E-state index in [4.69, 9.17) is 4.74 Å². The zero-order valence-corrected chi connectivity index (χ0v) is 14.1. The lowest BCUT2D eigenvalue weighted by Crippen LogP contribution is -2.30. The summed E-state index contributed by atoms with van der Waals surface area (Å²) in [6, 6.07) is 17.6. The molecule has 0 unspecified atom stereocenters. The number of hydrogen-bond donors (Lipinski definition) is 0. The maximum atomic E-state index is 12.3. The highest BCUT2D eigenvalue weighted by atomic mass is 127. The van der Waals surface area contributed by atoms with E-state index >= 15 is 0 Å². The molecular weight excluding hydrogens is 377 g/mol. The van der Waals surface area contributed by atoms with E-state index in [0.29, 0.717) is 11.2 Å². The Bertz CT molecular complexity index is 586. The van der Waals surface area contributed by atoms with Crippen molar-refractivity contribution in [3.8, 4) is 0 Å². The number of rotatable bonds is 5. The standard InChI is InChI=1S/C17H18INO2/c1-2-15-10-6-7-11-16(15)19(13-18)17(20)21-12-14-8-4-3-5-9-14/h3-11H,2,12-13H2,1H3. The SMILES string of the molecule is CCc1ccccc1N(CI)C(=O)OCc1ccccc1. The van der Waals surface area contributed by atoms with E-state index in [0.717, 1.165) is 23.2 Å². The van der Waals surface area contributed by atoms with Gasteiger partial charge >= 0.3 is 6.09 Å². The van der Waals surface area contributed by atoms with Crippen LogP contribution in [0.5, 0.6) is 0 Å². The van der Waals surface area contributed by atoms with Gasteiger partial charge < -0.3 is 4.74 Å². The Kier molecular flexibility index (Phi) is 6.04. The summed E-state index contributed by atoms with van der Waals surface area (Å²) in [6.07, 6.45) is 0.573. The Hall–Kier alpha value is -1.56. The van der Waals surface area contributed by atoms with E-state index in [9.17, 15) is 4.79 Å². The number of amides is 1. The number of alkyl halides is 1. The molecule has 0 fully saturated rings. The van der Waals surface area contributed by atoms with E-state index < -0.39 is 0 Å². The third kappa shape index (κ3) is 4.20. The molecule has 2 aromatic carbocycles. The minimum atomic E-state index is -0.311. The predicted molar refractivity (Wildman–Crippen MR) is 93.8 cm³/mol. The number of anilines is 1. The van der Waals surface area contributed by atoms with Crippen LogP contribution in [0.1, 0.15) is 18.1 Å². The van der Waals surface area contributed by atoms with Crippen LogP contribution in [-0.2, 0) is 17.8 Å². The van der Waals surface area contributed by atoms with Crippen LogP contribution in [0.4, 0.5) is 10.5 Å². The lowest BCUT2D eigenvalue weighted by molar-refractivity contribution is 0.148. The first-order chi connectivity index (χ1) is 10.3. The van der Waals surface area contributed by atoms with E-state index in [1.807, 2.05) is 54.6 Å². The van der Waals surface area contributed by atoms with Gasteiger partial charge in [-0.2, -0.15) is 0 Å². The molecule has 0 aliphatic rings. The normalized spacial score (nSPS) is 10.2. The highest BCUT2D eigenvalue weighted by Crippen LogP contribution is 2.23. The van der Waals surface area contributed by atoms with Crippen molar-refractivity contribution in [2.45, 2.75) is 20.0 Å². The Morgan fingerprint density at radius 3 is 2.43 bits per heavy atom. The van der Waals surface area contributed by atoms with E-state index in [1.165, 1.54) is 0 Å². The minimum Gasteiger partial charge on any atom is -0.444 e. The maximum Gasteiger partial charge on any atom is 0.415 e. The first kappa shape index (κ1) is 15.8. The summed E-state index contributed by atoms with van der Waals surface area (Å²) in [6.45, 7) is 2.38. The minimum absolute atomic E-state index is 0.293. The van der Waals surface area contributed by atoms with Crippen molar-refractivity contribution in [1.82, 2.24) is 0 Å².